The van der Waals surface area contributed by atoms with E-state index < -0.39 is 0 Å². The standard InChI is InChI=1S/C11H9NO2S/c1-8-11(15-7-12-8)14-10(13)9-5-3-2-4-6-9/h2-7H,1H3. The van der Waals surface area contributed by atoms with E-state index in [-0.39, 0.29) is 5.97 Å². The molecule has 15 heavy (non-hydrogen) atoms. The number of thiazole rings is 1. The maximum absolute atomic E-state index is 11.6. The molecule has 0 aliphatic rings. The third kappa shape index (κ3) is 2.22. The first-order chi connectivity index (χ1) is 7.27. The predicted molar refractivity (Wildman–Crippen MR) is 58.3 cm³/mol. The van der Waals surface area contributed by atoms with Gasteiger partial charge in [0.1, 0.15) is 0 Å². The lowest BCUT2D eigenvalue weighted by molar-refractivity contribution is 0.0739. The first-order valence-electron chi connectivity index (χ1n) is 4.44. The molecule has 0 aliphatic heterocycles. The van der Waals surface area contributed by atoms with E-state index in [1.165, 1.54) is 11.3 Å². The van der Waals surface area contributed by atoms with Gasteiger partial charge in [0.05, 0.1) is 16.8 Å². The van der Waals surface area contributed by atoms with Gasteiger partial charge >= 0.3 is 5.97 Å². The summed E-state index contributed by atoms with van der Waals surface area (Å²) in [5.41, 5.74) is 2.94. The van der Waals surface area contributed by atoms with Crippen LogP contribution in [0, 0.1) is 6.92 Å². The Morgan fingerprint density at radius 1 is 1.33 bits per heavy atom. The van der Waals surface area contributed by atoms with Crippen LogP contribution in [0.15, 0.2) is 35.8 Å². The lowest BCUT2D eigenvalue weighted by Crippen LogP contribution is -2.07. The number of esters is 1. The second kappa shape index (κ2) is 4.23. The highest BCUT2D eigenvalue weighted by Crippen LogP contribution is 2.22. The van der Waals surface area contributed by atoms with Crippen LogP contribution in [0.3, 0.4) is 0 Å². The first kappa shape index (κ1) is 9.86. The first-order valence-corrected chi connectivity index (χ1v) is 5.32. The van der Waals surface area contributed by atoms with E-state index in [9.17, 15) is 4.79 Å². The average Bonchev–Trinajstić information content (AvgIpc) is 2.66. The second-order valence-electron chi connectivity index (χ2n) is 2.98. The summed E-state index contributed by atoms with van der Waals surface area (Å²) in [6.45, 7) is 1.81. The molecule has 2 rings (SSSR count). The van der Waals surface area contributed by atoms with E-state index in [2.05, 4.69) is 4.98 Å². The third-order valence-corrected chi connectivity index (χ3v) is 2.70. The number of nitrogens with zero attached hydrogens (tertiary/aromatic N) is 1. The third-order valence-electron chi connectivity index (χ3n) is 1.90. The Morgan fingerprint density at radius 3 is 2.67 bits per heavy atom. The van der Waals surface area contributed by atoms with E-state index in [0.717, 1.165) is 5.69 Å². The Bertz CT molecular complexity index is 464. The normalized spacial score (nSPS) is 9.93. The fourth-order valence-electron chi connectivity index (χ4n) is 1.11. The number of carbonyl (C=O) groups is 1. The van der Waals surface area contributed by atoms with E-state index in [1.54, 1.807) is 29.8 Å². The van der Waals surface area contributed by atoms with Crippen LogP contribution in [0.1, 0.15) is 16.1 Å². The zero-order valence-electron chi connectivity index (χ0n) is 8.14. The van der Waals surface area contributed by atoms with Gasteiger partial charge in [0.2, 0.25) is 5.06 Å². The topological polar surface area (TPSA) is 39.2 Å². The SMILES string of the molecule is Cc1ncsc1OC(=O)c1ccccc1. The summed E-state index contributed by atoms with van der Waals surface area (Å²) >= 11 is 1.32. The Hall–Kier alpha value is -1.68. The molecule has 0 fully saturated rings. The van der Waals surface area contributed by atoms with Crippen LogP contribution in [0.5, 0.6) is 5.06 Å². The number of hydrogen-bond acceptors (Lipinski definition) is 4. The number of carbonyl (C=O) groups excluding carboxylic acids is 1. The van der Waals surface area contributed by atoms with Crippen molar-refractivity contribution in [2.45, 2.75) is 6.92 Å². The number of ether oxygens (including phenoxy) is 1. The molecule has 4 heteroatoms. The number of aromatic nitrogens is 1. The van der Waals surface area contributed by atoms with Crippen molar-refractivity contribution >= 4 is 17.3 Å². The Kier molecular flexibility index (Phi) is 2.78. The number of aryl methyl sites for hydroxylation is 1. The molecule has 0 spiro atoms. The van der Waals surface area contributed by atoms with Crippen molar-refractivity contribution in [1.82, 2.24) is 4.98 Å². The van der Waals surface area contributed by atoms with Gasteiger partial charge in [-0.2, -0.15) is 0 Å². The van der Waals surface area contributed by atoms with Crippen molar-refractivity contribution in [3.8, 4) is 5.06 Å². The lowest BCUT2D eigenvalue weighted by atomic mass is 10.2. The van der Waals surface area contributed by atoms with E-state index in [4.69, 9.17) is 4.74 Å². The quantitative estimate of drug-likeness (QED) is 0.729. The molecule has 76 valence electrons. The van der Waals surface area contributed by atoms with Crippen molar-refractivity contribution in [2.24, 2.45) is 0 Å². The van der Waals surface area contributed by atoms with Crippen LogP contribution < -0.4 is 4.74 Å². The summed E-state index contributed by atoms with van der Waals surface area (Å²) in [4.78, 5) is 15.6. The molecule has 1 heterocycles. The molecule has 0 bridgehead atoms. The highest BCUT2D eigenvalue weighted by Gasteiger charge is 2.10. The molecule has 0 N–H and O–H groups in total. The molecular formula is C11H9NO2S. The summed E-state index contributed by atoms with van der Waals surface area (Å²) in [5.74, 6) is -0.344. The predicted octanol–water partition coefficient (Wildman–Crippen LogP) is 2.67. The maximum Gasteiger partial charge on any atom is 0.344 e. The van der Waals surface area contributed by atoms with Crippen molar-refractivity contribution in [3.05, 3.63) is 47.1 Å². The van der Waals surface area contributed by atoms with Gasteiger partial charge in [-0.15, -0.1) is 0 Å². The van der Waals surface area contributed by atoms with Gasteiger partial charge in [-0.3, -0.25) is 0 Å². The van der Waals surface area contributed by atoms with Crippen LogP contribution >= 0.6 is 11.3 Å². The summed E-state index contributed by atoms with van der Waals surface area (Å²) < 4.78 is 5.19. The van der Waals surface area contributed by atoms with Crippen molar-refractivity contribution < 1.29 is 9.53 Å². The summed E-state index contributed by atoms with van der Waals surface area (Å²) in [7, 11) is 0. The minimum absolute atomic E-state index is 0.344. The van der Waals surface area contributed by atoms with Crippen LogP contribution in [0.4, 0.5) is 0 Å². The summed E-state index contributed by atoms with van der Waals surface area (Å²) in [5, 5.41) is 0.559. The Balaban J connectivity index is 2.15. The number of rotatable bonds is 2. The van der Waals surface area contributed by atoms with Gasteiger partial charge in [-0.1, -0.05) is 29.5 Å². The average molecular weight is 219 g/mol. The monoisotopic (exact) mass is 219 g/mol. The Morgan fingerprint density at radius 2 is 2.07 bits per heavy atom. The van der Waals surface area contributed by atoms with E-state index >= 15 is 0 Å². The molecule has 0 saturated heterocycles. The highest BCUT2D eigenvalue weighted by molar-refractivity contribution is 7.11. The smallest absolute Gasteiger partial charge is 0.344 e. The molecule has 0 amide bonds. The minimum atomic E-state index is -0.344. The molecule has 0 saturated carbocycles. The molecule has 0 atom stereocenters. The fraction of sp³-hybridized carbons (Fsp3) is 0.0909. The highest BCUT2D eigenvalue weighted by atomic mass is 32.1. The number of hydrogen-bond donors (Lipinski definition) is 0. The molecule has 0 radical (unpaired) electrons. The van der Waals surface area contributed by atoms with Crippen LogP contribution in [0.25, 0.3) is 0 Å². The second-order valence-corrected chi connectivity index (χ2v) is 3.80. The summed E-state index contributed by atoms with van der Waals surface area (Å²) in [6, 6.07) is 8.90. The van der Waals surface area contributed by atoms with E-state index in [1.807, 2.05) is 13.0 Å². The van der Waals surface area contributed by atoms with Gasteiger partial charge in [-0.25, -0.2) is 9.78 Å². The van der Waals surface area contributed by atoms with Gasteiger partial charge in [-0.05, 0) is 19.1 Å². The van der Waals surface area contributed by atoms with Gasteiger partial charge in [0.15, 0.2) is 0 Å². The lowest BCUT2D eigenvalue weighted by Gasteiger charge is -2.01. The Labute approximate surface area is 91.4 Å². The van der Waals surface area contributed by atoms with Crippen molar-refractivity contribution in [1.29, 1.82) is 0 Å². The van der Waals surface area contributed by atoms with Gasteiger partial charge in [0.25, 0.3) is 0 Å². The molecule has 1 aromatic heterocycles. The zero-order chi connectivity index (χ0) is 10.7. The van der Waals surface area contributed by atoms with E-state index in [0.29, 0.717) is 10.6 Å². The van der Waals surface area contributed by atoms with Crippen LogP contribution in [0.2, 0.25) is 0 Å². The van der Waals surface area contributed by atoms with Crippen molar-refractivity contribution in [3.63, 3.8) is 0 Å². The molecule has 0 unspecified atom stereocenters. The summed E-state index contributed by atoms with van der Waals surface area (Å²) in [6.07, 6.45) is 0. The number of benzene rings is 1. The molecule has 2 aromatic rings. The van der Waals surface area contributed by atoms with Crippen LogP contribution in [-0.2, 0) is 0 Å². The minimum Gasteiger partial charge on any atom is -0.410 e. The fourth-order valence-corrected chi connectivity index (χ4v) is 1.76. The molecule has 0 aliphatic carbocycles. The van der Waals surface area contributed by atoms with Gasteiger partial charge < -0.3 is 4.74 Å². The molecule has 1 aromatic carbocycles. The van der Waals surface area contributed by atoms with Crippen LogP contribution in [-0.4, -0.2) is 11.0 Å². The maximum atomic E-state index is 11.6. The van der Waals surface area contributed by atoms with Crippen molar-refractivity contribution in [2.75, 3.05) is 0 Å². The zero-order valence-corrected chi connectivity index (χ0v) is 8.95. The molecule has 3 nitrogen and oxygen atoms in total. The largest absolute Gasteiger partial charge is 0.410 e. The van der Waals surface area contributed by atoms with Gasteiger partial charge in [0, 0.05) is 0 Å². The molecular weight excluding hydrogens is 210 g/mol.